The van der Waals surface area contributed by atoms with Gasteiger partial charge < -0.3 is 5.32 Å². The van der Waals surface area contributed by atoms with E-state index in [1.54, 1.807) is 0 Å². The van der Waals surface area contributed by atoms with Crippen LogP contribution in [0.4, 0.5) is 0 Å². The lowest BCUT2D eigenvalue weighted by molar-refractivity contribution is 0.372. The van der Waals surface area contributed by atoms with Gasteiger partial charge in [-0.05, 0) is 56.8 Å². The Morgan fingerprint density at radius 3 is 2.79 bits per heavy atom. The summed E-state index contributed by atoms with van der Waals surface area (Å²) in [6, 6.07) is 4.32. The number of aromatic nitrogens is 1. The smallest absolute Gasteiger partial charge is 0.0372 e. The number of nitrogens with zero attached hydrogens (tertiary/aromatic N) is 1. The van der Waals surface area contributed by atoms with Gasteiger partial charge in [0.05, 0.1) is 0 Å². The lowest BCUT2D eigenvalue weighted by atomic mass is 9.91. The quantitative estimate of drug-likeness (QED) is 0.771. The summed E-state index contributed by atoms with van der Waals surface area (Å²) in [6.45, 7) is 4.40. The molecule has 76 valence electrons. The van der Waals surface area contributed by atoms with E-state index in [-0.39, 0.29) is 0 Å². The molecule has 0 aliphatic carbocycles. The molecule has 0 radical (unpaired) electrons. The van der Waals surface area contributed by atoms with E-state index < -0.39 is 0 Å². The van der Waals surface area contributed by atoms with Gasteiger partial charge in [-0.15, -0.1) is 0 Å². The second-order valence-electron chi connectivity index (χ2n) is 4.21. The van der Waals surface area contributed by atoms with E-state index in [0.717, 1.165) is 11.6 Å². The van der Waals surface area contributed by atoms with Gasteiger partial charge in [0.25, 0.3) is 0 Å². The predicted molar refractivity (Wildman–Crippen MR) is 58.3 cm³/mol. The number of aryl methyl sites for hydroxylation is 1. The van der Waals surface area contributed by atoms with Gasteiger partial charge in [0.1, 0.15) is 0 Å². The molecule has 0 atom stereocenters. The van der Waals surface area contributed by atoms with E-state index in [0.29, 0.717) is 0 Å². The molecule has 1 aromatic rings. The van der Waals surface area contributed by atoms with Crippen molar-refractivity contribution in [2.75, 3.05) is 13.1 Å². The molecule has 2 rings (SSSR count). The van der Waals surface area contributed by atoms with E-state index in [4.69, 9.17) is 0 Å². The molecule has 0 aromatic carbocycles. The normalized spacial score (nSPS) is 18.4. The van der Waals surface area contributed by atoms with Crippen molar-refractivity contribution in [3.8, 4) is 0 Å². The van der Waals surface area contributed by atoms with Crippen LogP contribution < -0.4 is 5.32 Å². The molecule has 1 aliphatic rings. The zero-order valence-electron chi connectivity index (χ0n) is 8.79. The van der Waals surface area contributed by atoms with Crippen molar-refractivity contribution < 1.29 is 0 Å². The van der Waals surface area contributed by atoms with E-state index in [9.17, 15) is 0 Å². The van der Waals surface area contributed by atoms with Crippen LogP contribution >= 0.6 is 0 Å². The number of rotatable bonds is 2. The highest BCUT2D eigenvalue weighted by molar-refractivity contribution is 5.13. The Labute approximate surface area is 85.7 Å². The molecule has 1 N–H and O–H groups in total. The summed E-state index contributed by atoms with van der Waals surface area (Å²) < 4.78 is 0. The van der Waals surface area contributed by atoms with Crippen molar-refractivity contribution in [3.63, 3.8) is 0 Å². The second kappa shape index (κ2) is 4.56. The fraction of sp³-hybridized carbons (Fsp3) is 0.583. The van der Waals surface area contributed by atoms with Crippen molar-refractivity contribution >= 4 is 0 Å². The average molecular weight is 190 g/mol. The van der Waals surface area contributed by atoms with Crippen LogP contribution in [-0.2, 0) is 6.42 Å². The zero-order valence-corrected chi connectivity index (χ0v) is 8.79. The number of hydrogen-bond acceptors (Lipinski definition) is 2. The molecule has 2 heterocycles. The molecule has 0 spiro atoms. The SMILES string of the molecule is Cc1ccc(CC2CCNCC2)cn1. The van der Waals surface area contributed by atoms with Crippen molar-refractivity contribution in [2.45, 2.75) is 26.2 Å². The molecule has 0 amide bonds. The highest BCUT2D eigenvalue weighted by Gasteiger charge is 2.13. The van der Waals surface area contributed by atoms with Crippen LogP contribution in [0.3, 0.4) is 0 Å². The highest BCUT2D eigenvalue weighted by Crippen LogP contribution is 2.17. The molecule has 2 heteroatoms. The van der Waals surface area contributed by atoms with Crippen LogP contribution in [0.15, 0.2) is 18.3 Å². The summed E-state index contributed by atoms with van der Waals surface area (Å²) >= 11 is 0. The largest absolute Gasteiger partial charge is 0.317 e. The van der Waals surface area contributed by atoms with Gasteiger partial charge in [-0.1, -0.05) is 6.07 Å². The van der Waals surface area contributed by atoms with Crippen molar-refractivity contribution in [2.24, 2.45) is 5.92 Å². The third-order valence-electron chi connectivity index (χ3n) is 2.96. The number of piperidine rings is 1. The van der Waals surface area contributed by atoms with Gasteiger partial charge in [0.2, 0.25) is 0 Å². The van der Waals surface area contributed by atoms with Crippen LogP contribution in [0.2, 0.25) is 0 Å². The minimum absolute atomic E-state index is 0.862. The topological polar surface area (TPSA) is 24.9 Å². The van der Waals surface area contributed by atoms with Crippen molar-refractivity contribution in [3.05, 3.63) is 29.6 Å². The van der Waals surface area contributed by atoms with Gasteiger partial charge in [-0.25, -0.2) is 0 Å². The Kier molecular flexibility index (Phi) is 3.14. The zero-order chi connectivity index (χ0) is 9.80. The maximum atomic E-state index is 4.33. The molecule has 1 fully saturated rings. The minimum atomic E-state index is 0.862. The molecule has 1 aliphatic heterocycles. The molecule has 1 saturated heterocycles. The lowest BCUT2D eigenvalue weighted by Gasteiger charge is -2.22. The highest BCUT2D eigenvalue weighted by atomic mass is 14.9. The van der Waals surface area contributed by atoms with Gasteiger partial charge in [0.15, 0.2) is 0 Å². The second-order valence-corrected chi connectivity index (χ2v) is 4.21. The molecule has 0 unspecified atom stereocenters. The fourth-order valence-corrected chi connectivity index (χ4v) is 2.04. The van der Waals surface area contributed by atoms with Crippen molar-refractivity contribution in [1.82, 2.24) is 10.3 Å². The van der Waals surface area contributed by atoms with Crippen LogP contribution in [0.5, 0.6) is 0 Å². The first-order chi connectivity index (χ1) is 6.84. The van der Waals surface area contributed by atoms with E-state index in [1.165, 1.54) is 37.9 Å². The Balaban J connectivity index is 1.92. The molecule has 1 aromatic heterocycles. The minimum Gasteiger partial charge on any atom is -0.317 e. The standard InChI is InChI=1S/C12H18N2/c1-10-2-3-12(9-14-10)8-11-4-6-13-7-5-11/h2-3,9,11,13H,4-8H2,1H3. The van der Waals surface area contributed by atoms with Crippen molar-refractivity contribution in [1.29, 1.82) is 0 Å². The molecule has 0 bridgehead atoms. The first-order valence-corrected chi connectivity index (χ1v) is 5.47. The average Bonchev–Trinajstić information content (AvgIpc) is 2.23. The number of nitrogens with one attached hydrogen (secondary N) is 1. The third kappa shape index (κ3) is 2.55. The summed E-state index contributed by atoms with van der Waals surface area (Å²) in [5.74, 6) is 0.862. The Morgan fingerprint density at radius 2 is 2.14 bits per heavy atom. The first-order valence-electron chi connectivity index (χ1n) is 5.47. The number of hydrogen-bond donors (Lipinski definition) is 1. The maximum absolute atomic E-state index is 4.33. The lowest BCUT2D eigenvalue weighted by Crippen LogP contribution is -2.28. The van der Waals surface area contributed by atoms with E-state index in [1.807, 2.05) is 13.1 Å². The van der Waals surface area contributed by atoms with E-state index >= 15 is 0 Å². The van der Waals surface area contributed by atoms with Crippen LogP contribution in [0.25, 0.3) is 0 Å². The molecule has 0 saturated carbocycles. The monoisotopic (exact) mass is 190 g/mol. The van der Waals surface area contributed by atoms with E-state index in [2.05, 4.69) is 22.4 Å². The number of pyridine rings is 1. The Morgan fingerprint density at radius 1 is 1.36 bits per heavy atom. The summed E-state index contributed by atoms with van der Waals surface area (Å²) in [5.41, 5.74) is 2.50. The molecular weight excluding hydrogens is 172 g/mol. The van der Waals surface area contributed by atoms with Crippen LogP contribution in [0, 0.1) is 12.8 Å². The fourth-order valence-electron chi connectivity index (χ4n) is 2.04. The van der Waals surface area contributed by atoms with Gasteiger partial charge in [0, 0.05) is 11.9 Å². The van der Waals surface area contributed by atoms with Gasteiger partial charge in [-0.2, -0.15) is 0 Å². The maximum Gasteiger partial charge on any atom is 0.0372 e. The first kappa shape index (κ1) is 9.66. The van der Waals surface area contributed by atoms with Gasteiger partial charge >= 0.3 is 0 Å². The molecule has 2 nitrogen and oxygen atoms in total. The Bertz CT molecular complexity index is 273. The summed E-state index contributed by atoms with van der Waals surface area (Å²) in [7, 11) is 0. The molecular formula is C12H18N2. The molecule has 14 heavy (non-hydrogen) atoms. The van der Waals surface area contributed by atoms with Crippen LogP contribution in [-0.4, -0.2) is 18.1 Å². The third-order valence-corrected chi connectivity index (χ3v) is 2.96. The van der Waals surface area contributed by atoms with Gasteiger partial charge in [-0.3, -0.25) is 4.98 Å². The predicted octanol–water partition coefficient (Wildman–Crippen LogP) is 1.93. The summed E-state index contributed by atoms with van der Waals surface area (Å²) in [4.78, 5) is 4.33. The summed E-state index contributed by atoms with van der Waals surface area (Å²) in [5, 5.41) is 3.39. The summed E-state index contributed by atoms with van der Waals surface area (Å²) in [6.07, 6.45) is 5.86. The van der Waals surface area contributed by atoms with Crippen LogP contribution in [0.1, 0.15) is 24.1 Å². The Hall–Kier alpha value is -0.890.